The molecule has 0 aromatic heterocycles. The van der Waals surface area contributed by atoms with E-state index in [2.05, 4.69) is 13.8 Å². The lowest BCUT2D eigenvalue weighted by molar-refractivity contribution is 0.118. The summed E-state index contributed by atoms with van der Waals surface area (Å²) in [5, 5.41) is 0. The summed E-state index contributed by atoms with van der Waals surface area (Å²) in [6.45, 7) is 5.22. The van der Waals surface area contributed by atoms with Crippen molar-refractivity contribution < 1.29 is 4.74 Å². The molecule has 0 amide bonds. The zero-order valence-electron chi connectivity index (χ0n) is 8.25. The number of hydrogen-bond donors (Lipinski definition) is 1. The molecule has 0 aromatic rings. The van der Waals surface area contributed by atoms with Crippen LogP contribution >= 0.6 is 0 Å². The molecule has 3 atom stereocenters. The highest BCUT2D eigenvalue weighted by Crippen LogP contribution is 2.23. The molecule has 12 heavy (non-hydrogen) atoms. The van der Waals surface area contributed by atoms with Gasteiger partial charge < -0.3 is 10.5 Å². The van der Waals surface area contributed by atoms with Gasteiger partial charge in [0.15, 0.2) is 0 Å². The lowest BCUT2D eigenvalue weighted by Crippen LogP contribution is -2.30. The normalized spacial score (nSPS) is 32.2. The molecular formula is C10H21NO. The molecule has 2 heteroatoms. The summed E-state index contributed by atoms with van der Waals surface area (Å²) in [4.78, 5) is 0. The number of hydrogen-bond acceptors (Lipinski definition) is 2. The molecule has 0 radical (unpaired) electrons. The fourth-order valence-electron chi connectivity index (χ4n) is 1.82. The summed E-state index contributed by atoms with van der Waals surface area (Å²) in [5.41, 5.74) is 6.05. The molecule has 1 aliphatic heterocycles. The topological polar surface area (TPSA) is 35.2 Å². The molecular weight excluding hydrogens is 150 g/mol. The van der Waals surface area contributed by atoms with Gasteiger partial charge in [-0.2, -0.15) is 0 Å². The largest absolute Gasteiger partial charge is 0.378 e. The van der Waals surface area contributed by atoms with Crippen LogP contribution in [0.1, 0.15) is 39.5 Å². The van der Waals surface area contributed by atoms with Crippen molar-refractivity contribution in [2.75, 3.05) is 6.61 Å². The van der Waals surface area contributed by atoms with Crippen molar-refractivity contribution in [2.45, 2.75) is 51.7 Å². The van der Waals surface area contributed by atoms with E-state index in [9.17, 15) is 0 Å². The third-order valence-corrected chi connectivity index (χ3v) is 2.73. The average molecular weight is 171 g/mol. The fraction of sp³-hybridized carbons (Fsp3) is 1.00. The number of rotatable bonds is 4. The maximum absolute atomic E-state index is 6.05. The second kappa shape index (κ2) is 4.83. The van der Waals surface area contributed by atoms with Gasteiger partial charge in [-0.25, -0.2) is 0 Å². The third-order valence-electron chi connectivity index (χ3n) is 2.73. The molecule has 0 aromatic carbocycles. The van der Waals surface area contributed by atoms with Crippen molar-refractivity contribution in [1.29, 1.82) is 0 Å². The average Bonchev–Trinajstić information content (AvgIpc) is 2.47. The molecule has 72 valence electrons. The van der Waals surface area contributed by atoms with Crippen LogP contribution in [0.5, 0.6) is 0 Å². The van der Waals surface area contributed by atoms with Gasteiger partial charge in [-0.3, -0.25) is 0 Å². The minimum Gasteiger partial charge on any atom is -0.378 e. The SMILES string of the molecule is CCCCC(N)C1COC(C)C1. The fourth-order valence-corrected chi connectivity index (χ4v) is 1.82. The standard InChI is InChI=1S/C10H21NO/c1-3-4-5-10(11)9-6-8(2)12-7-9/h8-10H,3-7,11H2,1-2H3. The number of ether oxygens (including phenoxy) is 1. The van der Waals surface area contributed by atoms with Gasteiger partial charge in [-0.15, -0.1) is 0 Å². The molecule has 0 spiro atoms. The Bertz CT molecular complexity index is 127. The van der Waals surface area contributed by atoms with E-state index in [1.54, 1.807) is 0 Å². The first-order chi connectivity index (χ1) is 5.74. The maximum atomic E-state index is 6.05. The molecule has 1 aliphatic rings. The molecule has 1 heterocycles. The first-order valence-electron chi connectivity index (χ1n) is 5.11. The quantitative estimate of drug-likeness (QED) is 0.701. The van der Waals surface area contributed by atoms with E-state index in [0.717, 1.165) is 19.4 Å². The molecule has 2 N–H and O–H groups in total. The Balaban J connectivity index is 2.18. The molecule has 3 unspecified atom stereocenters. The van der Waals surface area contributed by atoms with E-state index < -0.39 is 0 Å². The first kappa shape index (κ1) is 10.0. The minimum atomic E-state index is 0.370. The van der Waals surface area contributed by atoms with Gasteiger partial charge in [0.05, 0.1) is 12.7 Å². The number of unbranched alkanes of at least 4 members (excludes halogenated alkanes) is 1. The molecule has 0 bridgehead atoms. The van der Waals surface area contributed by atoms with Crippen LogP contribution in [0.2, 0.25) is 0 Å². The monoisotopic (exact) mass is 171 g/mol. The van der Waals surface area contributed by atoms with Crippen molar-refractivity contribution >= 4 is 0 Å². The van der Waals surface area contributed by atoms with Crippen LogP contribution in [0.25, 0.3) is 0 Å². The maximum Gasteiger partial charge on any atom is 0.0551 e. The second-order valence-corrected chi connectivity index (χ2v) is 3.95. The predicted octanol–water partition coefficient (Wildman–Crippen LogP) is 1.93. The molecule has 1 rings (SSSR count). The van der Waals surface area contributed by atoms with Gasteiger partial charge in [0.25, 0.3) is 0 Å². The van der Waals surface area contributed by atoms with E-state index in [1.165, 1.54) is 12.8 Å². The van der Waals surface area contributed by atoms with E-state index in [4.69, 9.17) is 10.5 Å². The Morgan fingerprint density at radius 3 is 2.83 bits per heavy atom. The van der Waals surface area contributed by atoms with Crippen LogP contribution in [-0.4, -0.2) is 18.8 Å². The highest BCUT2D eigenvalue weighted by molar-refractivity contribution is 4.79. The van der Waals surface area contributed by atoms with Crippen LogP contribution in [-0.2, 0) is 4.74 Å². The second-order valence-electron chi connectivity index (χ2n) is 3.95. The lowest BCUT2D eigenvalue weighted by Gasteiger charge is -2.16. The minimum absolute atomic E-state index is 0.370. The third kappa shape index (κ3) is 2.76. The van der Waals surface area contributed by atoms with Crippen LogP contribution in [0.4, 0.5) is 0 Å². The van der Waals surface area contributed by atoms with Crippen molar-refractivity contribution in [3.8, 4) is 0 Å². The molecule has 2 nitrogen and oxygen atoms in total. The zero-order valence-corrected chi connectivity index (χ0v) is 8.25. The Kier molecular flexibility index (Phi) is 4.02. The lowest BCUT2D eigenvalue weighted by atomic mass is 9.94. The van der Waals surface area contributed by atoms with Gasteiger partial charge in [0.2, 0.25) is 0 Å². The van der Waals surface area contributed by atoms with Gasteiger partial charge >= 0.3 is 0 Å². The molecule has 0 saturated carbocycles. The van der Waals surface area contributed by atoms with Crippen molar-refractivity contribution in [2.24, 2.45) is 11.7 Å². The van der Waals surface area contributed by atoms with Crippen molar-refractivity contribution in [3.63, 3.8) is 0 Å². The zero-order chi connectivity index (χ0) is 8.97. The predicted molar refractivity (Wildman–Crippen MR) is 51.0 cm³/mol. The van der Waals surface area contributed by atoms with Gasteiger partial charge in [0.1, 0.15) is 0 Å². The van der Waals surface area contributed by atoms with Gasteiger partial charge in [0, 0.05) is 6.04 Å². The summed E-state index contributed by atoms with van der Waals surface area (Å²) in [6, 6.07) is 0.370. The van der Waals surface area contributed by atoms with Crippen molar-refractivity contribution in [1.82, 2.24) is 0 Å². The van der Waals surface area contributed by atoms with E-state index in [1.807, 2.05) is 0 Å². The Morgan fingerprint density at radius 2 is 2.33 bits per heavy atom. The Morgan fingerprint density at radius 1 is 1.58 bits per heavy atom. The van der Waals surface area contributed by atoms with E-state index in [-0.39, 0.29) is 0 Å². The molecule has 1 saturated heterocycles. The van der Waals surface area contributed by atoms with Crippen LogP contribution in [0.3, 0.4) is 0 Å². The highest BCUT2D eigenvalue weighted by atomic mass is 16.5. The van der Waals surface area contributed by atoms with E-state index in [0.29, 0.717) is 18.1 Å². The Labute approximate surface area is 75.5 Å². The van der Waals surface area contributed by atoms with Crippen LogP contribution in [0.15, 0.2) is 0 Å². The first-order valence-corrected chi connectivity index (χ1v) is 5.11. The van der Waals surface area contributed by atoms with Gasteiger partial charge in [-0.05, 0) is 25.7 Å². The van der Waals surface area contributed by atoms with Crippen LogP contribution in [0, 0.1) is 5.92 Å². The summed E-state index contributed by atoms with van der Waals surface area (Å²) in [5.74, 6) is 0.617. The molecule has 1 fully saturated rings. The van der Waals surface area contributed by atoms with E-state index >= 15 is 0 Å². The molecule has 0 aliphatic carbocycles. The summed E-state index contributed by atoms with van der Waals surface area (Å²) < 4.78 is 5.49. The Hall–Kier alpha value is -0.0800. The summed E-state index contributed by atoms with van der Waals surface area (Å²) in [7, 11) is 0. The number of nitrogens with two attached hydrogens (primary N) is 1. The highest BCUT2D eigenvalue weighted by Gasteiger charge is 2.26. The summed E-state index contributed by atoms with van der Waals surface area (Å²) >= 11 is 0. The summed E-state index contributed by atoms with van der Waals surface area (Å²) in [6.07, 6.45) is 5.26. The van der Waals surface area contributed by atoms with Gasteiger partial charge in [-0.1, -0.05) is 19.8 Å². The van der Waals surface area contributed by atoms with Crippen molar-refractivity contribution in [3.05, 3.63) is 0 Å². The smallest absolute Gasteiger partial charge is 0.0551 e. The van der Waals surface area contributed by atoms with Crippen LogP contribution < -0.4 is 5.73 Å².